The highest BCUT2D eigenvalue weighted by molar-refractivity contribution is 6.31. The highest BCUT2D eigenvalue weighted by Gasteiger charge is 2.12. The summed E-state index contributed by atoms with van der Waals surface area (Å²) in [6.45, 7) is 3.10. The largest absolute Gasteiger partial charge is 0.508 e. The molecule has 0 heterocycles. The fourth-order valence-electron chi connectivity index (χ4n) is 1.95. The Morgan fingerprint density at radius 1 is 1.21 bits per heavy atom. The molecule has 0 aromatic heterocycles. The second-order valence-corrected chi connectivity index (χ2v) is 4.64. The smallest absolute Gasteiger partial charge is 0.125 e. The minimum Gasteiger partial charge on any atom is -0.508 e. The number of phenolic OH excluding ortho intramolecular Hbond substituents is 1. The Morgan fingerprint density at radius 2 is 1.95 bits per heavy atom. The van der Waals surface area contributed by atoms with E-state index in [-0.39, 0.29) is 11.6 Å². The number of nitrogens with zero attached hydrogens (tertiary/aromatic N) is 1. The highest BCUT2D eigenvalue weighted by Crippen LogP contribution is 2.28. The van der Waals surface area contributed by atoms with Gasteiger partial charge in [-0.3, -0.25) is 0 Å². The molecule has 1 N–H and O–H groups in total. The van der Waals surface area contributed by atoms with Gasteiger partial charge in [0.15, 0.2) is 0 Å². The van der Waals surface area contributed by atoms with E-state index >= 15 is 0 Å². The summed E-state index contributed by atoms with van der Waals surface area (Å²) in [5.74, 6) is -0.123. The highest BCUT2D eigenvalue weighted by atomic mass is 35.5. The van der Waals surface area contributed by atoms with E-state index in [2.05, 4.69) is 0 Å². The molecule has 0 saturated carbocycles. The average Bonchev–Trinajstić information content (AvgIpc) is 2.38. The monoisotopic (exact) mass is 279 g/mol. The topological polar surface area (TPSA) is 23.5 Å². The van der Waals surface area contributed by atoms with Gasteiger partial charge in [0.05, 0.1) is 0 Å². The molecule has 100 valence electrons. The third kappa shape index (κ3) is 3.18. The van der Waals surface area contributed by atoms with Crippen LogP contribution in [-0.4, -0.2) is 11.7 Å². The van der Waals surface area contributed by atoms with Gasteiger partial charge in [-0.05, 0) is 37.3 Å². The van der Waals surface area contributed by atoms with Crippen LogP contribution >= 0.6 is 11.6 Å². The first kappa shape index (κ1) is 13.7. The first-order chi connectivity index (χ1) is 9.11. The molecule has 0 aliphatic rings. The molecular formula is C15H15ClFNO. The minimum atomic E-state index is -0.278. The summed E-state index contributed by atoms with van der Waals surface area (Å²) in [5, 5.41) is 10.4. The number of hydrogen-bond donors (Lipinski definition) is 1. The predicted octanol–water partition coefficient (Wildman–Crippen LogP) is 4.21. The number of phenols is 1. The van der Waals surface area contributed by atoms with Gasteiger partial charge >= 0.3 is 0 Å². The van der Waals surface area contributed by atoms with Gasteiger partial charge in [0, 0.05) is 29.4 Å². The molecule has 2 aromatic rings. The molecule has 0 spiro atoms. The van der Waals surface area contributed by atoms with E-state index in [1.54, 1.807) is 24.3 Å². The van der Waals surface area contributed by atoms with Crippen LogP contribution in [0.25, 0.3) is 0 Å². The lowest BCUT2D eigenvalue weighted by molar-refractivity contribution is 0.467. The summed E-state index contributed by atoms with van der Waals surface area (Å²) in [6, 6.07) is 11.4. The Labute approximate surface area is 117 Å². The number of hydrogen-bond acceptors (Lipinski definition) is 2. The molecule has 0 radical (unpaired) electrons. The third-order valence-electron chi connectivity index (χ3n) is 3.00. The summed E-state index contributed by atoms with van der Waals surface area (Å²) in [6.07, 6.45) is 0. The van der Waals surface area contributed by atoms with Crippen LogP contribution in [0.15, 0.2) is 42.5 Å². The molecular weight excluding hydrogens is 265 g/mol. The van der Waals surface area contributed by atoms with E-state index in [1.807, 2.05) is 17.9 Å². The maximum Gasteiger partial charge on any atom is 0.125 e. The van der Waals surface area contributed by atoms with Crippen molar-refractivity contribution in [3.8, 4) is 5.75 Å². The lowest BCUT2D eigenvalue weighted by atomic mass is 10.1. The zero-order valence-corrected chi connectivity index (χ0v) is 11.4. The summed E-state index contributed by atoms with van der Waals surface area (Å²) in [5.41, 5.74) is 1.41. The molecule has 0 bridgehead atoms. The third-order valence-corrected chi connectivity index (χ3v) is 3.35. The zero-order valence-electron chi connectivity index (χ0n) is 10.6. The van der Waals surface area contributed by atoms with Gasteiger partial charge in [-0.15, -0.1) is 0 Å². The van der Waals surface area contributed by atoms with E-state index < -0.39 is 0 Å². The van der Waals surface area contributed by atoms with Gasteiger partial charge < -0.3 is 10.0 Å². The van der Waals surface area contributed by atoms with E-state index in [0.29, 0.717) is 23.7 Å². The molecule has 19 heavy (non-hydrogen) atoms. The molecule has 0 aliphatic heterocycles. The Morgan fingerprint density at radius 3 is 2.58 bits per heavy atom. The van der Waals surface area contributed by atoms with Crippen molar-refractivity contribution in [2.24, 2.45) is 0 Å². The number of halogens is 2. The number of anilines is 1. The molecule has 2 nitrogen and oxygen atoms in total. The van der Waals surface area contributed by atoms with Crippen LogP contribution in [0.2, 0.25) is 5.02 Å². The summed E-state index contributed by atoms with van der Waals surface area (Å²) in [4.78, 5) is 1.95. The van der Waals surface area contributed by atoms with Crippen LogP contribution in [-0.2, 0) is 6.54 Å². The normalized spacial score (nSPS) is 10.5. The van der Waals surface area contributed by atoms with Gasteiger partial charge in [0.1, 0.15) is 11.6 Å². The number of rotatable bonds is 4. The maximum atomic E-state index is 13.3. The van der Waals surface area contributed by atoms with Crippen molar-refractivity contribution in [1.29, 1.82) is 0 Å². The van der Waals surface area contributed by atoms with Crippen LogP contribution in [0.5, 0.6) is 5.75 Å². The molecule has 2 aromatic carbocycles. The zero-order chi connectivity index (χ0) is 13.8. The minimum absolute atomic E-state index is 0.155. The van der Waals surface area contributed by atoms with Crippen molar-refractivity contribution in [3.05, 3.63) is 58.9 Å². The first-order valence-electron chi connectivity index (χ1n) is 6.08. The van der Waals surface area contributed by atoms with Crippen molar-refractivity contribution in [2.75, 3.05) is 11.4 Å². The summed E-state index contributed by atoms with van der Waals surface area (Å²) >= 11 is 6.09. The fourth-order valence-corrected chi connectivity index (χ4v) is 2.18. The number of benzene rings is 2. The lowest BCUT2D eigenvalue weighted by Gasteiger charge is -2.24. The van der Waals surface area contributed by atoms with Crippen LogP contribution < -0.4 is 4.90 Å². The van der Waals surface area contributed by atoms with Crippen molar-refractivity contribution >= 4 is 17.3 Å². The fraction of sp³-hybridized carbons (Fsp3) is 0.200. The maximum absolute atomic E-state index is 13.3. The average molecular weight is 280 g/mol. The lowest BCUT2D eigenvalue weighted by Crippen LogP contribution is -2.22. The van der Waals surface area contributed by atoms with Gasteiger partial charge in [-0.2, -0.15) is 0 Å². The van der Waals surface area contributed by atoms with Gasteiger partial charge in [0.25, 0.3) is 0 Å². The molecule has 0 saturated heterocycles. The van der Waals surface area contributed by atoms with E-state index in [1.165, 1.54) is 12.1 Å². The predicted molar refractivity (Wildman–Crippen MR) is 76.2 cm³/mol. The first-order valence-corrected chi connectivity index (χ1v) is 6.46. The van der Waals surface area contributed by atoms with E-state index in [0.717, 1.165) is 5.69 Å². The van der Waals surface area contributed by atoms with Crippen molar-refractivity contribution in [3.63, 3.8) is 0 Å². The van der Waals surface area contributed by atoms with Gasteiger partial charge in [-0.25, -0.2) is 4.39 Å². The summed E-state index contributed by atoms with van der Waals surface area (Å²) < 4.78 is 13.3. The van der Waals surface area contributed by atoms with Gasteiger partial charge in [0.2, 0.25) is 0 Å². The van der Waals surface area contributed by atoms with Gasteiger partial charge in [-0.1, -0.05) is 23.7 Å². The van der Waals surface area contributed by atoms with E-state index in [4.69, 9.17) is 11.6 Å². The molecule has 0 atom stereocenters. The van der Waals surface area contributed by atoms with Crippen molar-refractivity contribution in [2.45, 2.75) is 13.5 Å². The van der Waals surface area contributed by atoms with Crippen LogP contribution in [0.3, 0.4) is 0 Å². The van der Waals surface area contributed by atoms with Crippen LogP contribution in [0.4, 0.5) is 10.1 Å². The molecule has 4 heteroatoms. The second-order valence-electron chi connectivity index (χ2n) is 4.23. The number of aromatic hydroxyl groups is 1. The SMILES string of the molecule is CCN(Cc1c(O)cccc1Cl)c1cccc(F)c1. The Bertz CT molecular complexity index is 554. The quantitative estimate of drug-likeness (QED) is 0.906. The van der Waals surface area contributed by atoms with Crippen molar-refractivity contribution < 1.29 is 9.50 Å². The standard InChI is InChI=1S/C15H15ClFNO/c1-2-18(12-6-3-5-11(17)9-12)10-13-14(16)7-4-8-15(13)19/h3-9,19H,2,10H2,1H3. The molecule has 0 fully saturated rings. The molecule has 0 aliphatic carbocycles. The Kier molecular flexibility index (Phi) is 4.27. The van der Waals surface area contributed by atoms with Crippen LogP contribution in [0.1, 0.15) is 12.5 Å². The molecule has 0 unspecified atom stereocenters. The van der Waals surface area contributed by atoms with Crippen molar-refractivity contribution in [1.82, 2.24) is 0 Å². The summed E-state index contributed by atoms with van der Waals surface area (Å²) in [7, 11) is 0. The van der Waals surface area contributed by atoms with Crippen LogP contribution in [0, 0.1) is 5.82 Å². The Balaban J connectivity index is 2.29. The Hall–Kier alpha value is -1.74. The molecule has 2 rings (SSSR count). The van der Waals surface area contributed by atoms with E-state index in [9.17, 15) is 9.50 Å². The molecule has 0 amide bonds. The second kappa shape index (κ2) is 5.93.